The fraction of sp³-hybridized carbons (Fsp3) is 0.875. The number of aliphatic hydroxyl groups excluding tert-OH is 2. The molecule has 0 aromatic carbocycles. The smallest absolute Gasteiger partial charge is 0.230 e. The molecule has 6 nitrogen and oxygen atoms in total. The molecular formula is C16H28O6. The Morgan fingerprint density at radius 2 is 1.91 bits per heavy atom. The molecule has 0 amide bonds. The molecule has 22 heavy (non-hydrogen) atoms. The lowest BCUT2D eigenvalue weighted by atomic mass is 9.81. The maximum absolute atomic E-state index is 11.0. The van der Waals surface area contributed by atoms with E-state index >= 15 is 0 Å². The third-order valence-corrected chi connectivity index (χ3v) is 4.22. The molecule has 0 aromatic rings. The summed E-state index contributed by atoms with van der Waals surface area (Å²) in [5.41, 5.74) is -1.87. The Kier molecular flexibility index (Phi) is 5.02. The Morgan fingerprint density at radius 1 is 1.23 bits per heavy atom. The summed E-state index contributed by atoms with van der Waals surface area (Å²) in [4.78, 5) is 0. The highest BCUT2D eigenvalue weighted by atomic mass is 16.8. The van der Waals surface area contributed by atoms with Crippen molar-refractivity contribution in [1.82, 2.24) is 0 Å². The normalized spacial score (nSPS) is 41.8. The van der Waals surface area contributed by atoms with Gasteiger partial charge >= 0.3 is 0 Å². The van der Waals surface area contributed by atoms with E-state index in [1.165, 1.54) is 6.08 Å². The van der Waals surface area contributed by atoms with Crippen molar-refractivity contribution in [3.63, 3.8) is 0 Å². The quantitative estimate of drug-likeness (QED) is 0.669. The van der Waals surface area contributed by atoms with E-state index in [-0.39, 0.29) is 13.2 Å². The summed E-state index contributed by atoms with van der Waals surface area (Å²) in [5, 5.41) is 31.2. The Labute approximate surface area is 131 Å². The zero-order valence-electron chi connectivity index (χ0n) is 13.8. The van der Waals surface area contributed by atoms with Crippen molar-refractivity contribution in [2.75, 3.05) is 13.2 Å². The van der Waals surface area contributed by atoms with E-state index in [0.717, 1.165) is 12.8 Å². The van der Waals surface area contributed by atoms with Crippen LogP contribution in [0.1, 0.15) is 40.5 Å². The first-order valence-electron chi connectivity index (χ1n) is 7.86. The van der Waals surface area contributed by atoms with Crippen LogP contribution in [0.2, 0.25) is 0 Å². The molecule has 128 valence electrons. The molecule has 2 saturated heterocycles. The Bertz CT molecular complexity index is 421. The first kappa shape index (κ1) is 17.8. The second-order valence-corrected chi connectivity index (χ2v) is 7.07. The lowest BCUT2D eigenvalue weighted by molar-refractivity contribution is -0.363. The number of allylic oxidation sites excluding steroid dienone is 1. The molecule has 0 aliphatic carbocycles. The summed E-state index contributed by atoms with van der Waals surface area (Å²) >= 11 is 0. The molecule has 2 heterocycles. The van der Waals surface area contributed by atoms with Crippen LogP contribution in [0.25, 0.3) is 0 Å². The minimum absolute atomic E-state index is 0.0190. The van der Waals surface area contributed by atoms with Gasteiger partial charge in [0.15, 0.2) is 11.4 Å². The Hall–Kier alpha value is -0.500. The maximum Gasteiger partial charge on any atom is 0.230 e. The van der Waals surface area contributed by atoms with Crippen LogP contribution in [0.5, 0.6) is 0 Å². The van der Waals surface area contributed by atoms with Crippen molar-refractivity contribution in [3.8, 4) is 0 Å². The average Bonchev–Trinajstić information content (AvgIpc) is 2.75. The highest BCUT2D eigenvalue weighted by molar-refractivity contribution is 5.18. The Balaban J connectivity index is 2.24. The van der Waals surface area contributed by atoms with Crippen molar-refractivity contribution >= 4 is 0 Å². The molecule has 0 unspecified atom stereocenters. The van der Waals surface area contributed by atoms with Gasteiger partial charge in [-0.1, -0.05) is 19.9 Å². The molecule has 2 fully saturated rings. The van der Waals surface area contributed by atoms with Gasteiger partial charge in [-0.3, -0.25) is 0 Å². The van der Waals surface area contributed by atoms with E-state index < -0.39 is 29.4 Å². The van der Waals surface area contributed by atoms with Gasteiger partial charge in [-0.05, 0) is 38.7 Å². The van der Waals surface area contributed by atoms with Crippen LogP contribution in [0, 0.1) is 5.92 Å². The van der Waals surface area contributed by atoms with Crippen molar-refractivity contribution in [3.05, 3.63) is 12.2 Å². The van der Waals surface area contributed by atoms with Crippen molar-refractivity contribution in [2.45, 2.75) is 69.9 Å². The van der Waals surface area contributed by atoms with Crippen LogP contribution in [-0.2, 0) is 14.2 Å². The van der Waals surface area contributed by atoms with E-state index in [2.05, 4.69) is 13.8 Å². The van der Waals surface area contributed by atoms with Gasteiger partial charge in [-0.25, -0.2) is 0 Å². The van der Waals surface area contributed by atoms with Gasteiger partial charge < -0.3 is 29.5 Å². The minimum atomic E-state index is -1.87. The maximum atomic E-state index is 11.0. The standard InChI is InChI=1S/C16H28O6/c1-11(2)7-5-6-8-15(19)13(18)12(17)9-20-16(15)10-21-14(3,4)22-16/h6,8,11-13,17-19H,5,7,9-10H2,1-4H3/t12-,13-,15-,16+/m1/s1. The molecule has 2 rings (SSSR count). The summed E-state index contributed by atoms with van der Waals surface area (Å²) in [6.45, 7) is 7.51. The van der Waals surface area contributed by atoms with E-state index in [0.29, 0.717) is 5.92 Å². The van der Waals surface area contributed by atoms with Crippen molar-refractivity contribution in [2.24, 2.45) is 5.92 Å². The van der Waals surface area contributed by atoms with Gasteiger partial charge in [-0.2, -0.15) is 0 Å². The molecule has 4 atom stereocenters. The van der Waals surface area contributed by atoms with Gasteiger partial charge in [0.05, 0.1) is 6.61 Å². The fourth-order valence-corrected chi connectivity index (χ4v) is 2.86. The number of hydrogen-bond acceptors (Lipinski definition) is 6. The second-order valence-electron chi connectivity index (χ2n) is 7.07. The summed E-state index contributed by atoms with van der Waals surface area (Å²) in [6.07, 6.45) is 2.39. The third-order valence-electron chi connectivity index (χ3n) is 4.22. The van der Waals surface area contributed by atoms with E-state index in [1.54, 1.807) is 19.9 Å². The molecule has 3 N–H and O–H groups in total. The molecule has 2 aliphatic heterocycles. The molecule has 0 radical (unpaired) electrons. The van der Waals surface area contributed by atoms with E-state index in [1.807, 2.05) is 0 Å². The van der Waals surface area contributed by atoms with Crippen LogP contribution < -0.4 is 0 Å². The predicted molar refractivity (Wildman–Crippen MR) is 80.0 cm³/mol. The van der Waals surface area contributed by atoms with Crippen LogP contribution in [0.4, 0.5) is 0 Å². The third kappa shape index (κ3) is 3.22. The molecular weight excluding hydrogens is 288 g/mol. The number of rotatable bonds is 4. The zero-order chi connectivity index (χ0) is 16.6. The second kappa shape index (κ2) is 6.19. The van der Waals surface area contributed by atoms with Crippen LogP contribution in [0.15, 0.2) is 12.2 Å². The summed E-state index contributed by atoms with van der Waals surface area (Å²) in [7, 11) is 0. The number of ether oxygens (including phenoxy) is 3. The van der Waals surface area contributed by atoms with Crippen LogP contribution in [-0.4, -0.2) is 57.9 Å². The van der Waals surface area contributed by atoms with E-state index in [4.69, 9.17) is 14.2 Å². The zero-order valence-corrected chi connectivity index (χ0v) is 13.8. The average molecular weight is 316 g/mol. The summed E-state index contributed by atoms with van der Waals surface area (Å²) < 4.78 is 16.9. The lowest BCUT2D eigenvalue weighted by Crippen LogP contribution is -2.70. The van der Waals surface area contributed by atoms with Crippen LogP contribution >= 0.6 is 0 Å². The first-order chi connectivity index (χ1) is 10.1. The van der Waals surface area contributed by atoms with Crippen molar-refractivity contribution in [1.29, 1.82) is 0 Å². The number of aliphatic hydroxyl groups is 3. The Morgan fingerprint density at radius 3 is 2.45 bits per heavy atom. The van der Waals surface area contributed by atoms with Gasteiger partial charge in [0.2, 0.25) is 5.79 Å². The monoisotopic (exact) mass is 316 g/mol. The SMILES string of the molecule is CC(C)CCC=C[C@@]1(O)[C@H](O)[C@H](O)CO[C@]12COC(C)(C)O2. The van der Waals surface area contributed by atoms with Gasteiger partial charge in [0.25, 0.3) is 0 Å². The molecule has 0 aromatic heterocycles. The van der Waals surface area contributed by atoms with Gasteiger partial charge in [-0.15, -0.1) is 0 Å². The minimum Gasteiger partial charge on any atom is -0.388 e. The predicted octanol–water partition coefficient (Wildman–Crippen LogP) is 0.941. The summed E-state index contributed by atoms with van der Waals surface area (Å²) in [5.74, 6) is -1.90. The van der Waals surface area contributed by atoms with Crippen LogP contribution in [0.3, 0.4) is 0 Å². The van der Waals surface area contributed by atoms with E-state index in [9.17, 15) is 15.3 Å². The lowest BCUT2D eigenvalue weighted by Gasteiger charge is -2.49. The topological polar surface area (TPSA) is 88.4 Å². The van der Waals surface area contributed by atoms with Crippen molar-refractivity contribution < 1.29 is 29.5 Å². The fourth-order valence-electron chi connectivity index (χ4n) is 2.86. The number of hydrogen-bond donors (Lipinski definition) is 3. The molecule has 6 heteroatoms. The highest BCUT2D eigenvalue weighted by Gasteiger charge is 2.65. The van der Waals surface area contributed by atoms with Gasteiger partial charge in [0, 0.05) is 0 Å². The first-order valence-corrected chi connectivity index (χ1v) is 7.86. The van der Waals surface area contributed by atoms with Gasteiger partial charge in [0.1, 0.15) is 18.8 Å². The molecule has 2 aliphatic rings. The largest absolute Gasteiger partial charge is 0.388 e. The summed E-state index contributed by atoms with van der Waals surface area (Å²) in [6, 6.07) is 0. The molecule has 0 bridgehead atoms. The molecule has 1 spiro atoms. The highest BCUT2D eigenvalue weighted by Crippen LogP contribution is 2.45. The molecule has 0 saturated carbocycles.